The van der Waals surface area contributed by atoms with Crippen LogP contribution in [-0.2, 0) is 11.2 Å². The van der Waals surface area contributed by atoms with Gasteiger partial charge in [-0.1, -0.05) is 61.4 Å². The van der Waals surface area contributed by atoms with Gasteiger partial charge in [0.15, 0.2) is 6.10 Å². The van der Waals surface area contributed by atoms with Gasteiger partial charge in [0, 0.05) is 12.0 Å². The standard InChI is InChI=1S/C22H25NO2/c24-22(21-15-14-17-10-4-7-13-20(17)25-21)23-19-12-6-5-11-18(19)16-8-2-1-3-9-16/h1-4,7-10,13,18-19,21H,5-6,11-12,14-15H2,(H,23,24)/t18-,19+,21?/m1/s1. The highest BCUT2D eigenvalue weighted by Crippen LogP contribution is 2.33. The Morgan fingerprint density at radius 1 is 0.920 bits per heavy atom. The summed E-state index contributed by atoms with van der Waals surface area (Å²) < 4.78 is 5.96. The number of carbonyl (C=O) groups excluding carboxylic acids is 1. The topological polar surface area (TPSA) is 38.3 Å². The van der Waals surface area contributed by atoms with Gasteiger partial charge in [-0.2, -0.15) is 0 Å². The molecule has 4 rings (SSSR count). The van der Waals surface area contributed by atoms with Gasteiger partial charge >= 0.3 is 0 Å². The van der Waals surface area contributed by atoms with E-state index in [-0.39, 0.29) is 18.1 Å². The first-order chi connectivity index (χ1) is 12.3. The Morgan fingerprint density at radius 3 is 2.56 bits per heavy atom. The monoisotopic (exact) mass is 335 g/mol. The predicted molar refractivity (Wildman–Crippen MR) is 98.8 cm³/mol. The summed E-state index contributed by atoms with van der Waals surface area (Å²) in [5, 5.41) is 3.30. The minimum atomic E-state index is -0.367. The Hall–Kier alpha value is -2.29. The van der Waals surface area contributed by atoms with Crippen LogP contribution in [0.4, 0.5) is 0 Å². The van der Waals surface area contributed by atoms with E-state index in [1.165, 1.54) is 24.0 Å². The lowest BCUT2D eigenvalue weighted by molar-refractivity contribution is -0.129. The van der Waals surface area contributed by atoms with E-state index in [2.05, 4.69) is 35.6 Å². The van der Waals surface area contributed by atoms with E-state index in [9.17, 15) is 4.79 Å². The fraction of sp³-hybridized carbons (Fsp3) is 0.409. The SMILES string of the molecule is O=C(N[C@H]1CCCC[C@@H]1c1ccccc1)C1CCc2ccccc2O1. The van der Waals surface area contributed by atoms with Crippen molar-refractivity contribution in [2.75, 3.05) is 0 Å². The number of rotatable bonds is 3. The van der Waals surface area contributed by atoms with Crippen molar-refractivity contribution in [2.45, 2.75) is 56.6 Å². The number of amides is 1. The molecule has 1 N–H and O–H groups in total. The molecule has 3 atom stereocenters. The highest BCUT2D eigenvalue weighted by Gasteiger charge is 2.32. The Labute approximate surface area is 149 Å². The molecular formula is C22H25NO2. The number of fused-ring (bicyclic) bond motifs is 1. The summed E-state index contributed by atoms with van der Waals surface area (Å²) in [6.07, 6.45) is 5.90. The van der Waals surface area contributed by atoms with E-state index < -0.39 is 0 Å². The molecule has 1 unspecified atom stereocenters. The van der Waals surface area contributed by atoms with Crippen LogP contribution in [0.5, 0.6) is 5.75 Å². The first kappa shape index (κ1) is 16.2. The lowest BCUT2D eigenvalue weighted by atomic mass is 9.80. The maximum absolute atomic E-state index is 12.8. The van der Waals surface area contributed by atoms with Crippen LogP contribution in [-0.4, -0.2) is 18.1 Å². The Balaban J connectivity index is 1.44. The highest BCUT2D eigenvalue weighted by molar-refractivity contribution is 5.82. The van der Waals surface area contributed by atoms with E-state index in [1.807, 2.05) is 24.3 Å². The second-order valence-corrected chi connectivity index (χ2v) is 7.17. The first-order valence-corrected chi connectivity index (χ1v) is 9.41. The molecule has 0 bridgehead atoms. The maximum atomic E-state index is 12.8. The minimum absolute atomic E-state index is 0.0438. The average molecular weight is 335 g/mol. The number of ether oxygens (including phenoxy) is 1. The maximum Gasteiger partial charge on any atom is 0.261 e. The van der Waals surface area contributed by atoms with Crippen molar-refractivity contribution >= 4 is 5.91 Å². The normalized spacial score (nSPS) is 25.5. The summed E-state index contributed by atoms with van der Waals surface area (Å²) in [6, 6.07) is 18.8. The molecule has 0 spiro atoms. The number of carbonyl (C=O) groups is 1. The third-order valence-corrected chi connectivity index (χ3v) is 5.53. The Kier molecular flexibility index (Phi) is 4.73. The van der Waals surface area contributed by atoms with Crippen molar-refractivity contribution in [2.24, 2.45) is 0 Å². The van der Waals surface area contributed by atoms with Crippen molar-refractivity contribution in [3.05, 3.63) is 65.7 Å². The van der Waals surface area contributed by atoms with Gasteiger partial charge in [-0.25, -0.2) is 0 Å². The zero-order valence-electron chi connectivity index (χ0n) is 14.5. The van der Waals surface area contributed by atoms with Crippen molar-refractivity contribution in [1.82, 2.24) is 5.32 Å². The van der Waals surface area contributed by atoms with Crippen molar-refractivity contribution in [3.63, 3.8) is 0 Å². The number of hydrogen-bond donors (Lipinski definition) is 1. The molecule has 1 saturated carbocycles. The molecule has 1 aliphatic heterocycles. The van der Waals surface area contributed by atoms with E-state index in [0.29, 0.717) is 5.92 Å². The Bertz CT molecular complexity index is 728. The van der Waals surface area contributed by atoms with Crippen LogP contribution >= 0.6 is 0 Å². The average Bonchev–Trinajstić information content (AvgIpc) is 2.68. The third kappa shape index (κ3) is 3.55. The van der Waals surface area contributed by atoms with E-state index in [1.54, 1.807) is 0 Å². The molecule has 3 nitrogen and oxygen atoms in total. The van der Waals surface area contributed by atoms with Gasteiger partial charge in [0.05, 0.1) is 0 Å². The molecule has 0 radical (unpaired) electrons. The quantitative estimate of drug-likeness (QED) is 0.912. The highest BCUT2D eigenvalue weighted by atomic mass is 16.5. The summed E-state index contributed by atoms with van der Waals surface area (Å²) in [4.78, 5) is 12.8. The fourth-order valence-electron chi connectivity index (χ4n) is 4.19. The molecule has 1 aliphatic carbocycles. The fourth-order valence-corrected chi connectivity index (χ4v) is 4.19. The minimum Gasteiger partial charge on any atom is -0.480 e. The molecule has 2 aromatic rings. The molecule has 1 fully saturated rings. The molecule has 0 aromatic heterocycles. The molecule has 2 aromatic carbocycles. The largest absolute Gasteiger partial charge is 0.480 e. The van der Waals surface area contributed by atoms with Crippen molar-refractivity contribution in [3.8, 4) is 5.75 Å². The number of aryl methyl sites for hydroxylation is 1. The van der Waals surface area contributed by atoms with Gasteiger partial charge in [0.1, 0.15) is 5.75 Å². The molecule has 2 aliphatic rings. The molecule has 1 heterocycles. The van der Waals surface area contributed by atoms with E-state index in [4.69, 9.17) is 4.74 Å². The molecule has 1 amide bonds. The number of para-hydroxylation sites is 1. The van der Waals surface area contributed by atoms with Crippen molar-refractivity contribution in [1.29, 1.82) is 0 Å². The smallest absolute Gasteiger partial charge is 0.261 e. The zero-order valence-corrected chi connectivity index (χ0v) is 14.5. The van der Waals surface area contributed by atoms with Crippen molar-refractivity contribution < 1.29 is 9.53 Å². The van der Waals surface area contributed by atoms with Crippen LogP contribution < -0.4 is 10.1 Å². The van der Waals surface area contributed by atoms with Gasteiger partial charge < -0.3 is 10.1 Å². The summed E-state index contributed by atoms with van der Waals surface area (Å²) in [6.45, 7) is 0. The van der Waals surface area contributed by atoms with Crippen LogP contribution in [0, 0.1) is 0 Å². The van der Waals surface area contributed by atoms with Gasteiger partial charge in [-0.3, -0.25) is 4.79 Å². The number of benzene rings is 2. The summed E-state index contributed by atoms with van der Waals surface area (Å²) in [7, 11) is 0. The van der Waals surface area contributed by atoms with Gasteiger partial charge in [0.25, 0.3) is 5.91 Å². The molecule has 25 heavy (non-hydrogen) atoms. The molecule has 3 heteroatoms. The summed E-state index contributed by atoms with van der Waals surface area (Å²) in [5.41, 5.74) is 2.54. The first-order valence-electron chi connectivity index (χ1n) is 9.41. The van der Waals surface area contributed by atoms with Crippen LogP contribution in [0.1, 0.15) is 49.1 Å². The van der Waals surface area contributed by atoms with Crippen LogP contribution in [0.25, 0.3) is 0 Å². The van der Waals surface area contributed by atoms with Crippen LogP contribution in [0.15, 0.2) is 54.6 Å². The van der Waals surface area contributed by atoms with Crippen LogP contribution in [0.3, 0.4) is 0 Å². The van der Waals surface area contributed by atoms with Gasteiger partial charge in [-0.15, -0.1) is 0 Å². The third-order valence-electron chi connectivity index (χ3n) is 5.53. The molecular weight excluding hydrogens is 310 g/mol. The molecule has 130 valence electrons. The van der Waals surface area contributed by atoms with E-state index >= 15 is 0 Å². The summed E-state index contributed by atoms with van der Waals surface area (Å²) in [5.74, 6) is 1.31. The predicted octanol–water partition coefficient (Wildman–Crippen LogP) is 4.22. The number of hydrogen-bond acceptors (Lipinski definition) is 2. The Morgan fingerprint density at radius 2 is 1.68 bits per heavy atom. The number of nitrogens with one attached hydrogen (secondary N) is 1. The molecule has 0 saturated heterocycles. The van der Waals surface area contributed by atoms with E-state index in [0.717, 1.165) is 31.4 Å². The second kappa shape index (κ2) is 7.30. The second-order valence-electron chi connectivity index (χ2n) is 7.17. The zero-order chi connectivity index (χ0) is 17.1. The van der Waals surface area contributed by atoms with Gasteiger partial charge in [-0.05, 0) is 42.9 Å². The summed E-state index contributed by atoms with van der Waals surface area (Å²) >= 11 is 0. The van der Waals surface area contributed by atoms with Crippen LogP contribution in [0.2, 0.25) is 0 Å². The van der Waals surface area contributed by atoms with Gasteiger partial charge in [0.2, 0.25) is 0 Å². The lowest BCUT2D eigenvalue weighted by Crippen LogP contribution is -2.48. The lowest BCUT2D eigenvalue weighted by Gasteiger charge is -2.34.